The third-order valence-corrected chi connectivity index (χ3v) is 13.9. The summed E-state index contributed by atoms with van der Waals surface area (Å²) in [5, 5.41) is 10.3. The largest absolute Gasteiger partial charge is 0.461 e. The highest BCUT2D eigenvalue weighted by molar-refractivity contribution is 7.23. The van der Waals surface area contributed by atoms with Crippen LogP contribution in [0.3, 0.4) is 0 Å². The summed E-state index contributed by atoms with van der Waals surface area (Å²) in [4.78, 5) is 27.8. The number of ether oxygens (including phenoxy) is 1. The van der Waals surface area contributed by atoms with Gasteiger partial charge in [-0.3, -0.25) is 9.69 Å². The molecule has 4 saturated heterocycles. The van der Waals surface area contributed by atoms with Crippen LogP contribution in [0.1, 0.15) is 56.9 Å². The fourth-order valence-electron chi connectivity index (χ4n) is 9.63. The second kappa shape index (κ2) is 12.7. The summed E-state index contributed by atoms with van der Waals surface area (Å²) in [7, 11) is 0. The van der Waals surface area contributed by atoms with Crippen LogP contribution in [-0.4, -0.2) is 89.4 Å². The number of nitrogens with two attached hydrogens (primary N) is 1. The molecule has 1 spiro atoms. The minimum absolute atomic E-state index is 0.00806. The molecule has 1 aliphatic carbocycles. The van der Waals surface area contributed by atoms with Gasteiger partial charge in [0, 0.05) is 60.9 Å². The van der Waals surface area contributed by atoms with Crippen molar-refractivity contribution in [3.8, 4) is 23.2 Å². The molecule has 9 rings (SSSR count). The van der Waals surface area contributed by atoms with Crippen LogP contribution in [0.25, 0.3) is 32.1 Å². The van der Waals surface area contributed by atoms with E-state index in [2.05, 4.69) is 9.88 Å². The molecule has 6 heterocycles. The average molecular weight is 804 g/mol. The first-order chi connectivity index (χ1) is 26.2. The lowest BCUT2D eigenvalue weighted by Gasteiger charge is -2.52. The number of carbonyl (C=O) groups is 1. The van der Waals surface area contributed by atoms with E-state index in [-0.39, 0.29) is 92.7 Å². The van der Waals surface area contributed by atoms with Crippen LogP contribution in [0.5, 0.6) is 6.01 Å². The Balaban J connectivity index is 1.13. The molecule has 55 heavy (non-hydrogen) atoms. The quantitative estimate of drug-likeness (QED) is 0.195. The number of hydrogen-bond acceptors (Lipinski definition) is 9. The van der Waals surface area contributed by atoms with Crippen molar-refractivity contribution in [3.63, 3.8) is 0 Å². The number of halogens is 7. The number of nitrogen functional groups attached to an aromatic ring is 1. The van der Waals surface area contributed by atoms with Gasteiger partial charge >= 0.3 is 12.2 Å². The van der Waals surface area contributed by atoms with Crippen LogP contribution in [0, 0.1) is 33.8 Å². The second-order valence-corrected chi connectivity index (χ2v) is 17.5. The average Bonchev–Trinajstić information content (AvgIpc) is 3.73. The van der Waals surface area contributed by atoms with Crippen molar-refractivity contribution in [2.75, 3.05) is 56.5 Å². The monoisotopic (exact) mass is 803 g/mol. The molecule has 9 nitrogen and oxygen atoms in total. The van der Waals surface area contributed by atoms with Crippen molar-refractivity contribution in [1.82, 2.24) is 19.8 Å². The van der Waals surface area contributed by atoms with Crippen molar-refractivity contribution in [3.05, 3.63) is 40.4 Å². The number of carbonyl (C=O) groups excluding carboxylic acids is 1. The van der Waals surface area contributed by atoms with E-state index in [9.17, 15) is 32.0 Å². The van der Waals surface area contributed by atoms with Gasteiger partial charge in [-0.05, 0) is 62.8 Å². The van der Waals surface area contributed by atoms with Gasteiger partial charge in [-0.15, -0.1) is 11.3 Å². The van der Waals surface area contributed by atoms with Crippen LogP contribution < -0.4 is 15.4 Å². The smallest absolute Gasteiger partial charge is 0.403 e. The Hall–Kier alpha value is -4.07. The number of nitriles is 1. The van der Waals surface area contributed by atoms with Gasteiger partial charge in [0.25, 0.3) is 0 Å². The van der Waals surface area contributed by atoms with Crippen molar-refractivity contribution >= 4 is 60.7 Å². The molecule has 0 radical (unpaired) electrons. The number of hydrogen-bond donors (Lipinski definition) is 1. The molecular formula is C38H36ClF6N7O2S. The molecular weight excluding hydrogens is 768 g/mol. The molecule has 1 saturated carbocycles. The molecule has 5 aliphatic rings. The van der Waals surface area contributed by atoms with Crippen LogP contribution in [0.4, 0.5) is 37.2 Å². The minimum atomic E-state index is -4.61. The molecule has 290 valence electrons. The molecule has 4 aliphatic heterocycles. The van der Waals surface area contributed by atoms with E-state index in [0.29, 0.717) is 44.7 Å². The normalized spacial score (nSPS) is 24.6. The fourth-order valence-corrected chi connectivity index (χ4v) is 10.9. The van der Waals surface area contributed by atoms with Gasteiger partial charge in [0.15, 0.2) is 5.82 Å². The van der Waals surface area contributed by atoms with Gasteiger partial charge < -0.3 is 20.3 Å². The van der Waals surface area contributed by atoms with Crippen molar-refractivity contribution in [1.29, 1.82) is 5.26 Å². The van der Waals surface area contributed by atoms with Gasteiger partial charge in [-0.1, -0.05) is 24.1 Å². The number of fused-ring (bicyclic) bond motifs is 3. The van der Waals surface area contributed by atoms with E-state index in [1.54, 1.807) is 0 Å². The molecule has 2 N–H and O–H groups in total. The summed E-state index contributed by atoms with van der Waals surface area (Å²) in [6.07, 6.45) is -2.04. The maximum atomic E-state index is 17.2. The zero-order valence-corrected chi connectivity index (χ0v) is 31.1. The topological polar surface area (TPSA) is 112 Å². The molecule has 17 heteroatoms. The van der Waals surface area contributed by atoms with E-state index < -0.39 is 46.3 Å². The first kappa shape index (κ1) is 36.6. The van der Waals surface area contributed by atoms with Gasteiger partial charge in [-0.25, -0.2) is 13.2 Å². The maximum Gasteiger partial charge on any atom is 0.403 e. The van der Waals surface area contributed by atoms with E-state index in [1.807, 2.05) is 11.0 Å². The lowest BCUT2D eigenvalue weighted by Crippen LogP contribution is -2.64. The Kier molecular flexibility index (Phi) is 8.46. The van der Waals surface area contributed by atoms with Gasteiger partial charge in [-0.2, -0.15) is 28.4 Å². The third-order valence-electron chi connectivity index (χ3n) is 12.5. The summed E-state index contributed by atoms with van der Waals surface area (Å²) in [5.74, 6) is -2.08. The fraction of sp³-hybridized carbons (Fsp3) is 0.526. The summed E-state index contributed by atoms with van der Waals surface area (Å²) in [6, 6.07) is 5.87. The predicted molar refractivity (Wildman–Crippen MR) is 196 cm³/mol. The molecule has 0 unspecified atom stereocenters. The number of benzene rings is 2. The van der Waals surface area contributed by atoms with Crippen LogP contribution >= 0.6 is 22.9 Å². The third kappa shape index (κ3) is 5.69. The highest BCUT2D eigenvalue weighted by Crippen LogP contribution is 2.60. The summed E-state index contributed by atoms with van der Waals surface area (Å²) < 4.78 is 94.7. The molecule has 4 aromatic rings. The molecule has 2 atom stereocenters. The summed E-state index contributed by atoms with van der Waals surface area (Å²) in [6.45, 7) is 2.19. The summed E-state index contributed by atoms with van der Waals surface area (Å²) >= 11 is 7.77. The zero-order valence-electron chi connectivity index (χ0n) is 29.5. The van der Waals surface area contributed by atoms with Gasteiger partial charge in [0.2, 0.25) is 5.91 Å². The lowest BCUT2D eigenvalue weighted by molar-refractivity contribution is -0.204. The van der Waals surface area contributed by atoms with E-state index >= 15 is 4.39 Å². The standard InChI is InChI=1S/C38H36ClF6N7O2S/c39-24-12-22-29(28(42)27(24)21-4-5-25(41)30-26(21)23(14-46)31(47)55-30)48-34(54-19-36-7-3-11-52(36)15-20(40)13-36)49-32(22)50-10-2-1-6-35(16-50)17-51(18-35)33(53)37(8-9-37)38(43,44)45/h4-5,12,20H,1-3,6-11,13,15-19,47H2/t20-,36+/m1/s1. The second-order valence-electron chi connectivity index (χ2n) is 16.0. The first-order valence-electron chi connectivity index (χ1n) is 18.4. The van der Waals surface area contributed by atoms with Crippen LogP contribution in [0.15, 0.2) is 18.2 Å². The van der Waals surface area contributed by atoms with E-state index in [1.165, 1.54) is 17.0 Å². The number of aromatic nitrogens is 2. The first-order valence-corrected chi connectivity index (χ1v) is 19.6. The van der Waals surface area contributed by atoms with E-state index in [4.69, 9.17) is 27.1 Å². The Bertz CT molecular complexity index is 2310. The van der Waals surface area contributed by atoms with Gasteiger partial charge in [0.1, 0.15) is 46.4 Å². The predicted octanol–water partition coefficient (Wildman–Crippen LogP) is 8.01. The molecule has 2 aromatic heterocycles. The number of likely N-dealkylation sites (tertiary alicyclic amines) is 1. The van der Waals surface area contributed by atoms with Crippen molar-refractivity contribution in [2.45, 2.75) is 69.3 Å². The number of nitrogens with zero attached hydrogens (tertiary/aromatic N) is 6. The number of anilines is 2. The number of rotatable bonds is 6. The molecule has 0 bridgehead atoms. The lowest BCUT2D eigenvalue weighted by atomic mass is 9.75. The number of thiophene rings is 1. The molecule has 1 amide bonds. The van der Waals surface area contributed by atoms with Crippen LogP contribution in [0.2, 0.25) is 5.02 Å². The number of amides is 1. The number of alkyl halides is 4. The Labute approximate surface area is 321 Å². The van der Waals surface area contributed by atoms with Gasteiger partial charge in [0.05, 0.1) is 20.8 Å². The minimum Gasteiger partial charge on any atom is -0.461 e. The Morgan fingerprint density at radius 1 is 1.09 bits per heavy atom. The highest BCUT2D eigenvalue weighted by atomic mass is 35.5. The summed E-state index contributed by atoms with van der Waals surface area (Å²) in [5.41, 5.74) is 2.56. The Morgan fingerprint density at radius 3 is 2.60 bits per heavy atom. The van der Waals surface area contributed by atoms with Crippen molar-refractivity contribution in [2.24, 2.45) is 10.8 Å². The SMILES string of the molecule is N#Cc1c(N)sc2c(F)ccc(-c3c(Cl)cc4c(N5CCCCC6(CN(C(=O)C7(C(F)(F)F)CC7)C6)C5)nc(OC[C@@]56CCCN5C[C@H](F)C6)nc4c3F)c12. The zero-order chi connectivity index (χ0) is 38.7. The molecule has 2 aromatic carbocycles. The maximum absolute atomic E-state index is 17.2. The Morgan fingerprint density at radius 2 is 1.87 bits per heavy atom. The highest BCUT2D eigenvalue weighted by Gasteiger charge is 2.70. The van der Waals surface area contributed by atoms with E-state index in [0.717, 1.165) is 36.8 Å². The molecule has 5 fully saturated rings. The van der Waals surface area contributed by atoms with Crippen molar-refractivity contribution < 1.29 is 35.9 Å². The van der Waals surface area contributed by atoms with Crippen LogP contribution in [-0.2, 0) is 4.79 Å².